The predicted octanol–water partition coefficient (Wildman–Crippen LogP) is 2.53. The van der Waals surface area contributed by atoms with Crippen molar-refractivity contribution >= 4 is 0 Å². The van der Waals surface area contributed by atoms with Gasteiger partial charge in [0, 0.05) is 31.6 Å². The van der Waals surface area contributed by atoms with Crippen LogP contribution < -0.4 is 5.73 Å². The summed E-state index contributed by atoms with van der Waals surface area (Å²) in [7, 11) is 0. The third-order valence-electron chi connectivity index (χ3n) is 5.02. The van der Waals surface area contributed by atoms with Crippen molar-refractivity contribution < 1.29 is 4.74 Å². The smallest absolute Gasteiger partial charge is 0.0788 e. The number of rotatable bonds is 2. The van der Waals surface area contributed by atoms with E-state index in [-0.39, 0.29) is 17.2 Å². The molecule has 0 spiro atoms. The second-order valence-corrected chi connectivity index (χ2v) is 7.38. The first kappa shape index (κ1) is 14.1. The summed E-state index contributed by atoms with van der Waals surface area (Å²) in [6, 6.07) is 8.80. The number of fused-ring (bicyclic) bond motifs is 1. The maximum atomic E-state index is 6.46. The Bertz CT molecular complexity index is 484. The zero-order valence-electron chi connectivity index (χ0n) is 13.0. The Balaban J connectivity index is 1.73. The molecule has 2 aliphatic rings. The Kier molecular flexibility index (Phi) is 3.20. The molecule has 0 aromatic heterocycles. The number of nitrogens with two attached hydrogens (primary N) is 1. The van der Waals surface area contributed by atoms with Crippen LogP contribution in [0.5, 0.6) is 0 Å². The molecule has 20 heavy (non-hydrogen) atoms. The van der Waals surface area contributed by atoms with E-state index in [0.29, 0.717) is 5.92 Å². The van der Waals surface area contributed by atoms with Crippen LogP contribution in [-0.4, -0.2) is 28.7 Å². The molecule has 3 nitrogen and oxygen atoms in total. The average Bonchev–Trinajstić information content (AvgIpc) is 2.81. The molecule has 0 bridgehead atoms. The van der Waals surface area contributed by atoms with E-state index < -0.39 is 0 Å². The number of benzene rings is 1. The van der Waals surface area contributed by atoms with E-state index in [4.69, 9.17) is 10.5 Å². The van der Waals surface area contributed by atoms with Crippen molar-refractivity contribution in [3.8, 4) is 0 Å². The minimum absolute atomic E-state index is 0.0845. The van der Waals surface area contributed by atoms with Crippen LogP contribution in [0.15, 0.2) is 24.3 Å². The van der Waals surface area contributed by atoms with Gasteiger partial charge < -0.3 is 10.5 Å². The standard InChI is InChI=1S/C17H26N2O/c1-16(2)14(15(18)17(3,4)20-16)11-19-9-12-7-5-6-8-13(12)10-19/h5-8,14-15H,9-11,18H2,1-4H3. The van der Waals surface area contributed by atoms with Crippen LogP contribution in [0.2, 0.25) is 0 Å². The minimum atomic E-state index is -0.235. The van der Waals surface area contributed by atoms with Crippen LogP contribution in [0.1, 0.15) is 38.8 Å². The molecular weight excluding hydrogens is 248 g/mol. The molecule has 1 fully saturated rings. The highest BCUT2D eigenvalue weighted by Gasteiger charge is 2.52. The Labute approximate surface area is 122 Å². The molecule has 3 rings (SSSR count). The van der Waals surface area contributed by atoms with E-state index in [9.17, 15) is 0 Å². The third-order valence-corrected chi connectivity index (χ3v) is 5.02. The van der Waals surface area contributed by atoms with Crippen LogP contribution in [0.3, 0.4) is 0 Å². The third kappa shape index (κ3) is 2.28. The highest BCUT2D eigenvalue weighted by molar-refractivity contribution is 5.30. The Morgan fingerprint density at radius 1 is 1.10 bits per heavy atom. The van der Waals surface area contributed by atoms with Crippen LogP contribution in [0, 0.1) is 5.92 Å². The molecule has 2 N–H and O–H groups in total. The summed E-state index contributed by atoms with van der Waals surface area (Å²) < 4.78 is 6.20. The molecule has 2 heterocycles. The summed E-state index contributed by atoms with van der Waals surface area (Å²) in [5, 5.41) is 0. The SMILES string of the molecule is CC1(C)OC(C)(C)C(CN2Cc3ccccc3C2)C1N. The van der Waals surface area contributed by atoms with Gasteiger partial charge in [0.1, 0.15) is 0 Å². The Hall–Kier alpha value is -0.900. The van der Waals surface area contributed by atoms with E-state index in [1.54, 1.807) is 0 Å². The zero-order valence-corrected chi connectivity index (χ0v) is 13.0. The van der Waals surface area contributed by atoms with Crippen LogP contribution >= 0.6 is 0 Å². The molecule has 0 amide bonds. The molecule has 1 aromatic rings. The van der Waals surface area contributed by atoms with E-state index in [1.807, 2.05) is 0 Å². The first-order valence-electron chi connectivity index (χ1n) is 7.54. The lowest BCUT2D eigenvalue weighted by molar-refractivity contribution is -0.0786. The van der Waals surface area contributed by atoms with Gasteiger partial charge in [0.25, 0.3) is 0 Å². The summed E-state index contributed by atoms with van der Waals surface area (Å²) in [4.78, 5) is 2.50. The lowest BCUT2D eigenvalue weighted by atomic mass is 9.83. The van der Waals surface area contributed by atoms with E-state index in [0.717, 1.165) is 19.6 Å². The number of hydrogen-bond acceptors (Lipinski definition) is 3. The van der Waals surface area contributed by atoms with Gasteiger partial charge in [-0.05, 0) is 38.8 Å². The van der Waals surface area contributed by atoms with Gasteiger partial charge in [-0.25, -0.2) is 0 Å². The van der Waals surface area contributed by atoms with Gasteiger partial charge in [0.2, 0.25) is 0 Å². The number of hydrogen-bond donors (Lipinski definition) is 1. The van der Waals surface area contributed by atoms with Gasteiger partial charge in [0.15, 0.2) is 0 Å². The summed E-state index contributed by atoms with van der Waals surface area (Å²) in [6.45, 7) is 11.7. The lowest BCUT2D eigenvalue weighted by Crippen LogP contribution is -2.47. The molecule has 0 aliphatic carbocycles. The number of ether oxygens (including phenoxy) is 1. The monoisotopic (exact) mass is 274 g/mol. The largest absolute Gasteiger partial charge is 0.368 e. The minimum Gasteiger partial charge on any atom is -0.368 e. The first-order chi connectivity index (χ1) is 9.29. The van der Waals surface area contributed by atoms with E-state index in [2.05, 4.69) is 56.9 Å². The zero-order chi connectivity index (χ0) is 14.5. The second kappa shape index (κ2) is 4.55. The lowest BCUT2D eigenvalue weighted by Gasteiger charge is -2.31. The van der Waals surface area contributed by atoms with Gasteiger partial charge in [-0.3, -0.25) is 4.90 Å². The molecule has 1 saturated heterocycles. The second-order valence-electron chi connectivity index (χ2n) is 7.38. The maximum absolute atomic E-state index is 6.46. The van der Waals surface area contributed by atoms with Gasteiger partial charge in [-0.1, -0.05) is 24.3 Å². The number of nitrogens with zero attached hydrogens (tertiary/aromatic N) is 1. The molecule has 2 aliphatic heterocycles. The van der Waals surface area contributed by atoms with E-state index >= 15 is 0 Å². The van der Waals surface area contributed by atoms with Crippen LogP contribution in [0.4, 0.5) is 0 Å². The van der Waals surface area contributed by atoms with Crippen LogP contribution in [-0.2, 0) is 17.8 Å². The average molecular weight is 274 g/mol. The quantitative estimate of drug-likeness (QED) is 0.900. The Morgan fingerprint density at radius 2 is 1.65 bits per heavy atom. The molecule has 110 valence electrons. The van der Waals surface area contributed by atoms with Crippen molar-refractivity contribution in [2.45, 2.75) is 58.0 Å². The fourth-order valence-corrected chi connectivity index (χ4v) is 3.88. The maximum Gasteiger partial charge on any atom is 0.0788 e. The van der Waals surface area contributed by atoms with Gasteiger partial charge in [-0.15, -0.1) is 0 Å². The van der Waals surface area contributed by atoms with E-state index in [1.165, 1.54) is 11.1 Å². The summed E-state index contributed by atoms with van der Waals surface area (Å²) in [5.74, 6) is 0.367. The Morgan fingerprint density at radius 3 is 2.10 bits per heavy atom. The van der Waals surface area contributed by atoms with Crippen molar-refractivity contribution in [3.05, 3.63) is 35.4 Å². The van der Waals surface area contributed by atoms with Crippen molar-refractivity contribution in [1.82, 2.24) is 4.90 Å². The fourth-order valence-electron chi connectivity index (χ4n) is 3.88. The predicted molar refractivity (Wildman–Crippen MR) is 81.3 cm³/mol. The summed E-state index contributed by atoms with van der Waals surface area (Å²) >= 11 is 0. The molecule has 3 heteroatoms. The topological polar surface area (TPSA) is 38.5 Å². The van der Waals surface area contributed by atoms with Crippen molar-refractivity contribution in [2.24, 2.45) is 11.7 Å². The van der Waals surface area contributed by atoms with Gasteiger partial charge in [0.05, 0.1) is 11.2 Å². The first-order valence-corrected chi connectivity index (χ1v) is 7.54. The van der Waals surface area contributed by atoms with Gasteiger partial charge >= 0.3 is 0 Å². The molecule has 2 unspecified atom stereocenters. The van der Waals surface area contributed by atoms with Gasteiger partial charge in [-0.2, -0.15) is 0 Å². The summed E-state index contributed by atoms with van der Waals surface area (Å²) in [5.41, 5.74) is 8.98. The fraction of sp³-hybridized carbons (Fsp3) is 0.647. The molecule has 2 atom stereocenters. The van der Waals surface area contributed by atoms with Crippen molar-refractivity contribution in [3.63, 3.8) is 0 Å². The van der Waals surface area contributed by atoms with Crippen LogP contribution in [0.25, 0.3) is 0 Å². The molecule has 0 saturated carbocycles. The highest BCUT2D eigenvalue weighted by Crippen LogP contribution is 2.42. The summed E-state index contributed by atoms with van der Waals surface area (Å²) in [6.07, 6.45) is 0. The van der Waals surface area contributed by atoms with Crippen molar-refractivity contribution in [2.75, 3.05) is 6.54 Å². The highest BCUT2D eigenvalue weighted by atomic mass is 16.5. The molecule has 1 aromatic carbocycles. The molecular formula is C17H26N2O. The normalized spacial score (nSPS) is 31.4. The molecule has 0 radical (unpaired) electrons. The van der Waals surface area contributed by atoms with Crippen molar-refractivity contribution in [1.29, 1.82) is 0 Å².